The normalized spacial score (nSPS) is 16.4. The van der Waals surface area contributed by atoms with Crippen LogP contribution in [0.15, 0.2) is 80.8 Å². The van der Waals surface area contributed by atoms with E-state index in [1.807, 2.05) is 56.6 Å². The average molecular weight is 705 g/mol. The number of alkyl halides is 3. The number of aliphatic imine (C=N–C) groups is 1. The molecule has 0 N–H and O–H groups in total. The van der Waals surface area contributed by atoms with Crippen molar-refractivity contribution < 1.29 is 18.0 Å². The molecule has 0 radical (unpaired) electrons. The highest BCUT2D eigenvalue weighted by Gasteiger charge is 2.37. The van der Waals surface area contributed by atoms with Crippen LogP contribution in [0.3, 0.4) is 0 Å². The lowest BCUT2D eigenvalue weighted by Gasteiger charge is -2.35. The van der Waals surface area contributed by atoms with Crippen LogP contribution in [0.1, 0.15) is 64.3 Å². The predicted octanol–water partition coefficient (Wildman–Crippen LogP) is 6.38. The Morgan fingerprint density at radius 2 is 1.87 bits per heavy atom. The van der Waals surface area contributed by atoms with Gasteiger partial charge in [0.25, 0.3) is 11.5 Å². The molecule has 0 unspecified atom stereocenters. The number of fused-ring (bicyclic) bond motifs is 3. The fourth-order valence-corrected chi connectivity index (χ4v) is 6.96. The first-order chi connectivity index (χ1) is 22.4. The van der Waals surface area contributed by atoms with Crippen LogP contribution in [-0.2, 0) is 32.6 Å². The molecule has 0 saturated carbocycles. The number of carbonyl (C=O) groups excluding carboxylic acids is 1. The third-order valence-electron chi connectivity index (χ3n) is 8.88. The van der Waals surface area contributed by atoms with Crippen LogP contribution in [0.25, 0.3) is 17.0 Å². The number of benzene rings is 2. The number of aromatic nitrogens is 5. The van der Waals surface area contributed by atoms with Gasteiger partial charge in [-0.2, -0.15) is 23.4 Å². The molecule has 9 nitrogen and oxygen atoms in total. The van der Waals surface area contributed by atoms with Gasteiger partial charge >= 0.3 is 6.18 Å². The topological polar surface area (TPSA) is 89.8 Å². The number of allylic oxidation sites excluding steroid dienone is 2. The molecule has 5 heterocycles. The van der Waals surface area contributed by atoms with Crippen LogP contribution >= 0.6 is 15.9 Å². The van der Waals surface area contributed by atoms with Crippen LogP contribution in [0.4, 0.5) is 13.2 Å². The van der Waals surface area contributed by atoms with Gasteiger partial charge in [-0.1, -0.05) is 46.3 Å². The van der Waals surface area contributed by atoms with Crippen molar-refractivity contribution in [1.82, 2.24) is 28.9 Å². The monoisotopic (exact) mass is 703 g/mol. The Morgan fingerprint density at radius 3 is 2.57 bits per heavy atom. The highest BCUT2D eigenvalue weighted by Crippen LogP contribution is 2.36. The maximum absolute atomic E-state index is 14.5. The Morgan fingerprint density at radius 1 is 1.11 bits per heavy atom. The minimum atomic E-state index is -4.64. The van der Waals surface area contributed by atoms with E-state index in [9.17, 15) is 22.8 Å². The van der Waals surface area contributed by atoms with E-state index in [-0.39, 0.29) is 28.6 Å². The van der Waals surface area contributed by atoms with E-state index >= 15 is 0 Å². The fraction of sp³-hybridized carbons (Fsp3) is 0.265. The summed E-state index contributed by atoms with van der Waals surface area (Å²) < 4.78 is 45.9. The minimum absolute atomic E-state index is 0.0112. The lowest BCUT2D eigenvalue weighted by Crippen LogP contribution is -2.46. The van der Waals surface area contributed by atoms with Gasteiger partial charge in [0.05, 0.1) is 29.7 Å². The van der Waals surface area contributed by atoms with Crippen molar-refractivity contribution in [2.45, 2.75) is 51.9 Å². The van der Waals surface area contributed by atoms with Crippen molar-refractivity contribution in [3.8, 4) is 5.82 Å². The van der Waals surface area contributed by atoms with Gasteiger partial charge in [-0.25, -0.2) is 9.08 Å². The van der Waals surface area contributed by atoms with Crippen LogP contribution in [0.2, 0.25) is 0 Å². The quantitative estimate of drug-likeness (QED) is 0.213. The first-order valence-corrected chi connectivity index (χ1v) is 15.8. The summed E-state index contributed by atoms with van der Waals surface area (Å²) in [5.74, 6) is -0.130. The zero-order valence-electron chi connectivity index (χ0n) is 25.7. The number of hydrogen-bond acceptors (Lipinski definition) is 5. The molecule has 0 aliphatic carbocycles. The Balaban J connectivity index is 1.38. The Labute approximate surface area is 275 Å². The zero-order valence-corrected chi connectivity index (χ0v) is 27.3. The summed E-state index contributed by atoms with van der Waals surface area (Å²) in [4.78, 5) is 34.2. The lowest BCUT2D eigenvalue weighted by molar-refractivity contribution is -0.138. The number of aryl methyl sites for hydroxylation is 1. The van der Waals surface area contributed by atoms with Crippen molar-refractivity contribution in [1.29, 1.82) is 0 Å². The summed E-state index contributed by atoms with van der Waals surface area (Å²) in [5, 5.41) is 9.50. The third-order valence-corrected chi connectivity index (χ3v) is 9.58. The summed E-state index contributed by atoms with van der Waals surface area (Å²) in [7, 11) is 1.83. The molecule has 1 atom stereocenters. The number of rotatable bonds is 5. The molecule has 0 saturated heterocycles. The SMILES string of the molecule is CC1=C(c2cc(-n3c(=O)c4c(n5ncc(Cc6ccccc6)c35)CN(C(=O)c3ccc(Br)c(C(F)(F)F)c3)[C@@H](C)C4)nn2C)CC=N1. The summed E-state index contributed by atoms with van der Waals surface area (Å²) in [6.45, 7) is 3.72. The van der Waals surface area contributed by atoms with E-state index in [0.29, 0.717) is 35.6 Å². The molecular formula is C34H29BrF3N7O2. The van der Waals surface area contributed by atoms with Crippen molar-refractivity contribution in [3.63, 3.8) is 0 Å². The number of halogens is 4. The van der Waals surface area contributed by atoms with E-state index in [2.05, 4.69) is 20.9 Å². The van der Waals surface area contributed by atoms with Gasteiger partial charge in [-0.05, 0) is 44.0 Å². The second-order valence-corrected chi connectivity index (χ2v) is 12.8. The summed E-state index contributed by atoms with van der Waals surface area (Å²) >= 11 is 2.95. The lowest BCUT2D eigenvalue weighted by atomic mass is 9.98. The molecule has 13 heteroatoms. The second-order valence-electron chi connectivity index (χ2n) is 11.9. The molecule has 3 aromatic heterocycles. The minimum Gasteiger partial charge on any atom is -0.330 e. The van der Waals surface area contributed by atoms with Gasteiger partial charge in [0, 0.05) is 70.6 Å². The van der Waals surface area contributed by atoms with E-state index in [4.69, 9.17) is 10.2 Å². The molecule has 47 heavy (non-hydrogen) atoms. The molecule has 0 spiro atoms. The van der Waals surface area contributed by atoms with E-state index in [1.54, 1.807) is 26.9 Å². The fourth-order valence-electron chi connectivity index (χ4n) is 6.48. The van der Waals surface area contributed by atoms with Crippen molar-refractivity contribution in [2.75, 3.05) is 0 Å². The van der Waals surface area contributed by atoms with Gasteiger partial charge in [0.15, 0.2) is 5.82 Å². The van der Waals surface area contributed by atoms with Crippen LogP contribution in [0.5, 0.6) is 0 Å². The molecule has 0 bridgehead atoms. The van der Waals surface area contributed by atoms with Gasteiger partial charge in [-0.15, -0.1) is 0 Å². The molecule has 0 fully saturated rings. The van der Waals surface area contributed by atoms with Gasteiger partial charge in [0.1, 0.15) is 5.65 Å². The molecule has 1 amide bonds. The third kappa shape index (κ3) is 5.32. The highest BCUT2D eigenvalue weighted by atomic mass is 79.9. The van der Waals surface area contributed by atoms with E-state index in [1.165, 1.54) is 17.0 Å². The zero-order chi connectivity index (χ0) is 33.2. The number of hydrogen-bond donors (Lipinski definition) is 0. The first-order valence-electron chi connectivity index (χ1n) is 15.0. The second kappa shape index (κ2) is 11.5. The van der Waals surface area contributed by atoms with Gasteiger partial charge in [0.2, 0.25) is 0 Å². The first kappa shape index (κ1) is 30.9. The van der Waals surface area contributed by atoms with Gasteiger partial charge in [-0.3, -0.25) is 19.3 Å². The van der Waals surface area contributed by atoms with E-state index < -0.39 is 23.7 Å². The van der Waals surface area contributed by atoms with Gasteiger partial charge < -0.3 is 4.90 Å². The highest BCUT2D eigenvalue weighted by molar-refractivity contribution is 9.10. The summed E-state index contributed by atoms with van der Waals surface area (Å²) in [6.07, 6.45) is 0.261. The molecule has 7 rings (SSSR count). The number of carbonyl (C=O) groups is 1. The molecule has 2 aromatic carbocycles. The smallest absolute Gasteiger partial charge is 0.330 e. The Bertz CT molecular complexity index is 2190. The van der Waals surface area contributed by atoms with Crippen molar-refractivity contribution in [3.05, 3.63) is 121 Å². The average Bonchev–Trinajstić information content (AvgIpc) is 3.75. The Kier molecular flexibility index (Phi) is 7.53. The summed E-state index contributed by atoms with van der Waals surface area (Å²) in [6, 6.07) is 14.7. The molecular weight excluding hydrogens is 675 g/mol. The van der Waals surface area contributed by atoms with Crippen LogP contribution in [0, 0.1) is 0 Å². The maximum atomic E-state index is 14.5. The molecule has 2 aliphatic rings. The maximum Gasteiger partial charge on any atom is 0.417 e. The standard InChI is InChI=1S/C34H29BrF3N7O2/c1-19-13-25-29(18-43(19)32(46)22-9-10-27(35)26(15-22)34(36,37)38)45-31(23(17-40-45)14-21-7-5-4-6-8-21)44(33(25)47)30-16-28(42(3)41-30)24-11-12-39-20(24)2/h4-10,12,15-17,19H,11,13-14,18H2,1-3H3/t19-/m0/s1. The molecule has 5 aromatic rings. The summed E-state index contributed by atoms with van der Waals surface area (Å²) in [5.41, 5.74) is 4.77. The van der Waals surface area contributed by atoms with Crippen LogP contribution < -0.4 is 5.56 Å². The molecule has 2 aliphatic heterocycles. The largest absolute Gasteiger partial charge is 0.417 e. The predicted molar refractivity (Wildman–Crippen MR) is 175 cm³/mol. The molecule has 240 valence electrons. The van der Waals surface area contributed by atoms with Crippen LogP contribution in [-0.4, -0.2) is 47.0 Å². The Hall–Kier alpha value is -4.78. The van der Waals surface area contributed by atoms with E-state index in [0.717, 1.165) is 34.2 Å². The van der Waals surface area contributed by atoms with Crippen molar-refractivity contribution >= 4 is 39.3 Å². The number of nitrogens with zero attached hydrogens (tertiary/aromatic N) is 7. The van der Waals surface area contributed by atoms with Crippen molar-refractivity contribution in [2.24, 2.45) is 12.0 Å². The number of amides is 1.